The molecule has 0 spiro atoms. The lowest BCUT2D eigenvalue weighted by Crippen LogP contribution is -2.57. The first kappa shape index (κ1) is 32.2. The maximum atomic E-state index is 13.4. The van der Waals surface area contributed by atoms with Crippen LogP contribution in [0.1, 0.15) is 45.4 Å². The summed E-state index contributed by atoms with van der Waals surface area (Å²) in [7, 11) is 1.42. The zero-order valence-corrected chi connectivity index (χ0v) is 25.4. The Bertz CT molecular complexity index is 1580. The van der Waals surface area contributed by atoms with E-state index >= 15 is 0 Å². The van der Waals surface area contributed by atoms with Crippen molar-refractivity contribution in [1.82, 2.24) is 26.0 Å². The quantitative estimate of drug-likeness (QED) is 0.235. The topological polar surface area (TPSA) is 171 Å². The van der Waals surface area contributed by atoms with Crippen LogP contribution in [0, 0.1) is 13.8 Å². The largest absolute Gasteiger partial charge is 0.391 e. The van der Waals surface area contributed by atoms with Gasteiger partial charge in [-0.15, -0.1) is 0 Å². The number of carbonyl (C=O) groups is 5. The number of benzene rings is 2. The maximum Gasteiger partial charge on any atom is 0.293 e. The van der Waals surface area contributed by atoms with Gasteiger partial charge in [0, 0.05) is 26.1 Å². The van der Waals surface area contributed by atoms with Crippen molar-refractivity contribution in [3.05, 3.63) is 93.2 Å². The Hall–Kier alpha value is -4.75. The number of aromatic nitrogens is 1. The number of nitrogens with one attached hydrogen (secondary N) is 3. The molecule has 2 aromatic carbocycles. The number of carbonyl (C=O) groups excluding carboxylic acids is 5. The average molecular weight is 620 g/mol. The number of aliphatic hydroxyl groups excluding tert-OH is 1. The van der Waals surface area contributed by atoms with Gasteiger partial charge >= 0.3 is 0 Å². The number of aliphatic hydroxyl groups is 1. The fraction of sp³-hybridized carbons (Fsp3) is 0.290. The lowest BCUT2D eigenvalue weighted by molar-refractivity contribution is -0.131. The molecule has 13 heteroatoms. The molecule has 1 aliphatic rings. The van der Waals surface area contributed by atoms with Gasteiger partial charge in [-0.1, -0.05) is 59.3 Å². The summed E-state index contributed by atoms with van der Waals surface area (Å²) in [5, 5.41) is 21.6. The van der Waals surface area contributed by atoms with Gasteiger partial charge in [-0.3, -0.25) is 28.9 Å². The molecule has 1 saturated heterocycles. The minimum atomic E-state index is -1.39. The fourth-order valence-electron chi connectivity index (χ4n) is 4.27. The highest BCUT2D eigenvalue weighted by Crippen LogP contribution is 2.31. The highest BCUT2D eigenvalue weighted by molar-refractivity contribution is 8.18. The third kappa shape index (κ3) is 8.20. The van der Waals surface area contributed by atoms with Crippen LogP contribution in [-0.4, -0.2) is 69.3 Å². The van der Waals surface area contributed by atoms with Crippen LogP contribution in [-0.2, 0) is 27.3 Å². The van der Waals surface area contributed by atoms with E-state index < -0.39 is 35.9 Å². The SMILES string of the molecule is Cc1ccc(CNC(=O)C(Cc2ccc(C=C3SC(=O)N(C)C3=O)cc2)NC(=O)[C@@H](NC(=O)c2cc(C)on2)[C@@H](C)O)cc1. The van der Waals surface area contributed by atoms with Crippen molar-refractivity contribution in [3.8, 4) is 0 Å². The summed E-state index contributed by atoms with van der Waals surface area (Å²) in [5.74, 6) is -1.94. The number of nitrogens with zero attached hydrogens (tertiary/aromatic N) is 2. The molecule has 0 radical (unpaired) electrons. The Labute approximate surface area is 258 Å². The van der Waals surface area contributed by atoms with Gasteiger partial charge in [0.25, 0.3) is 17.1 Å². The zero-order chi connectivity index (χ0) is 32.0. The standard InChI is InChI=1S/C31H33N5O7S/c1-17-5-7-22(8-6-17)16-32-27(38)23(33-29(40)26(19(3)37)34-28(39)24-13-18(2)43-35-24)14-20-9-11-21(12-10-20)15-25-30(41)36(4)31(42)44-25/h5-13,15,19,23,26,37H,14,16H2,1-4H3,(H,32,38)(H,33,40)(H,34,39)/t19-,23?,26+/m1/s1. The predicted molar refractivity (Wildman–Crippen MR) is 163 cm³/mol. The predicted octanol–water partition coefficient (Wildman–Crippen LogP) is 2.48. The zero-order valence-electron chi connectivity index (χ0n) is 24.6. The molecule has 3 atom stereocenters. The van der Waals surface area contributed by atoms with Crippen LogP contribution in [0.2, 0.25) is 0 Å². The van der Waals surface area contributed by atoms with Gasteiger partial charge in [0.2, 0.25) is 11.8 Å². The van der Waals surface area contributed by atoms with Crippen LogP contribution < -0.4 is 16.0 Å². The first-order chi connectivity index (χ1) is 20.9. The molecule has 1 aromatic heterocycles. The van der Waals surface area contributed by atoms with Gasteiger partial charge in [0.15, 0.2) is 5.69 Å². The number of rotatable bonds is 11. The summed E-state index contributed by atoms with van der Waals surface area (Å²) < 4.78 is 4.92. The van der Waals surface area contributed by atoms with Gasteiger partial charge < -0.3 is 25.6 Å². The number of thioether (sulfide) groups is 1. The van der Waals surface area contributed by atoms with Crippen LogP contribution in [0.15, 0.2) is 64.0 Å². The monoisotopic (exact) mass is 619 g/mol. The summed E-state index contributed by atoms with van der Waals surface area (Å²) in [6.07, 6.45) is 0.399. The van der Waals surface area contributed by atoms with Gasteiger partial charge in [-0.2, -0.15) is 0 Å². The summed E-state index contributed by atoms with van der Waals surface area (Å²) >= 11 is 0.854. The van der Waals surface area contributed by atoms with Gasteiger partial charge in [0.05, 0.1) is 11.0 Å². The number of aryl methyl sites for hydroxylation is 2. The third-order valence-corrected chi connectivity index (χ3v) is 7.80. The fourth-order valence-corrected chi connectivity index (χ4v) is 5.09. The Kier molecular flexibility index (Phi) is 10.3. The van der Waals surface area contributed by atoms with Crippen molar-refractivity contribution in [3.63, 3.8) is 0 Å². The summed E-state index contributed by atoms with van der Waals surface area (Å²) in [5.41, 5.74) is 3.25. The molecule has 1 fully saturated rings. The molecule has 3 aromatic rings. The van der Waals surface area contributed by atoms with E-state index in [1.165, 1.54) is 20.0 Å². The van der Waals surface area contributed by atoms with Crippen LogP contribution in [0.25, 0.3) is 6.08 Å². The van der Waals surface area contributed by atoms with Crippen LogP contribution in [0.5, 0.6) is 0 Å². The van der Waals surface area contributed by atoms with Crippen molar-refractivity contribution in [2.75, 3.05) is 7.05 Å². The smallest absolute Gasteiger partial charge is 0.293 e. The Balaban J connectivity index is 1.50. The number of hydrogen-bond donors (Lipinski definition) is 4. The van der Waals surface area contributed by atoms with E-state index in [0.29, 0.717) is 21.8 Å². The number of likely N-dealkylation sites (N-methyl/N-ethyl adjacent to an activating group) is 1. The summed E-state index contributed by atoms with van der Waals surface area (Å²) in [4.78, 5) is 64.7. The molecule has 12 nitrogen and oxygen atoms in total. The van der Waals surface area contributed by atoms with E-state index in [9.17, 15) is 29.1 Å². The summed E-state index contributed by atoms with van der Waals surface area (Å²) in [6, 6.07) is 13.5. The second-order valence-electron chi connectivity index (χ2n) is 10.5. The van der Waals surface area contributed by atoms with Crippen LogP contribution in [0.3, 0.4) is 0 Å². The number of imide groups is 1. The lowest BCUT2D eigenvalue weighted by atomic mass is 10.0. The minimum Gasteiger partial charge on any atom is -0.391 e. The molecule has 5 amide bonds. The van der Waals surface area contributed by atoms with Crippen molar-refractivity contribution in [2.45, 2.75) is 51.9 Å². The summed E-state index contributed by atoms with van der Waals surface area (Å²) in [6.45, 7) is 5.13. The number of hydrogen-bond acceptors (Lipinski definition) is 9. The molecule has 0 aliphatic carbocycles. The molecule has 0 saturated carbocycles. The van der Waals surface area contributed by atoms with Gasteiger partial charge in [-0.05, 0) is 55.3 Å². The van der Waals surface area contributed by atoms with E-state index in [1.807, 2.05) is 31.2 Å². The molecular formula is C31H33N5O7S. The molecule has 0 bridgehead atoms. The lowest BCUT2D eigenvalue weighted by Gasteiger charge is -2.24. The molecule has 2 heterocycles. The van der Waals surface area contributed by atoms with E-state index in [-0.39, 0.29) is 29.8 Å². The third-order valence-electron chi connectivity index (χ3n) is 6.84. The Morgan fingerprint density at radius 1 is 1.00 bits per heavy atom. The average Bonchev–Trinajstić information content (AvgIpc) is 3.53. The van der Waals surface area contributed by atoms with E-state index in [1.54, 1.807) is 37.3 Å². The second-order valence-corrected chi connectivity index (χ2v) is 11.5. The number of amides is 5. The van der Waals surface area contributed by atoms with E-state index in [2.05, 4.69) is 21.1 Å². The Morgan fingerprint density at radius 3 is 2.23 bits per heavy atom. The van der Waals surface area contributed by atoms with E-state index in [0.717, 1.165) is 27.8 Å². The van der Waals surface area contributed by atoms with Crippen molar-refractivity contribution in [2.24, 2.45) is 0 Å². The first-order valence-corrected chi connectivity index (χ1v) is 14.6. The molecule has 230 valence electrons. The maximum absolute atomic E-state index is 13.4. The molecule has 1 aliphatic heterocycles. The van der Waals surface area contributed by atoms with Crippen molar-refractivity contribution < 1.29 is 33.6 Å². The Morgan fingerprint density at radius 2 is 1.66 bits per heavy atom. The van der Waals surface area contributed by atoms with Crippen LogP contribution >= 0.6 is 11.8 Å². The first-order valence-electron chi connectivity index (χ1n) is 13.8. The second kappa shape index (κ2) is 14.1. The van der Waals surface area contributed by atoms with E-state index in [4.69, 9.17) is 4.52 Å². The van der Waals surface area contributed by atoms with Gasteiger partial charge in [-0.25, -0.2) is 0 Å². The van der Waals surface area contributed by atoms with Crippen LogP contribution in [0.4, 0.5) is 4.79 Å². The highest BCUT2D eigenvalue weighted by Gasteiger charge is 2.32. The molecular weight excluding hydrogens is 586 g/mol. The van der Waals surface area contributed by atoms with Crippen molar-refractivity contribution in [1.29, 1.82) is 0 Å². The minimum absolute atomic E-state index is 0.0582. The molecule has 1 unspecified atom stereocenters. The molecule has 4 rings (SSSR count). The molecule has 44 heavy (non-hydrogen) atoms. The van der Waals surface area contributed by atoms with Crippen molar-refractivity contribution >= 4 is 46.7 Å². The highest BCUT2D eigenvalue weighted by atomic mass is 32.2. The molecule has 4 N–H and O–H groups in total. The normalized spacial score (nSPS) is 16.0. The van der Waals surface area contributed by atoms with Gasteiger partial charge in [0.1, 0.15) is 17.8 Å².